The fourth-order valence-electron chi connectivity index (χ4n) is 1.97. The molecule has 2 unspecified atom stereocenters. The van der Waals surface area contributed by atoms with Gasteiger partial charge in [0, 0.05) is 13.1 Å². The Hall–Kier alpha value is -0.390. The van der Waals surface area contributed by atoms with Crippen molar-refractivity contribution in [2.24, 2.45) is 5.92 Å². The molecule has 1 aliphatic carbocycles. The summed E-state index contributed by atoms with van der Waals surface area (Å²) in [6.45, 7) is 1.84. The lowest BCUT2D eigenvalue weighted by Crippen LogP contribution is -2.17. The zero-order chi connectivity index (χ0) is 9.47. The highest BCUT2D eigenvalue weighted by molar-refractivity contribution is 7.86. The maximum atomic E-state index is 10.8. The van der Waals surface area contributed by atoms with Crippen molar-refractivity contribution in [3.63, 3.8) is 0 Å². The second-order valence-corrected chi connectivity index (χ2v) is 5.24. The lowest BCUT2D eigenvalue weighted by molar-refractivity contribution is 0.244. The SMILES string of the molecule is CS(=O)(=O)OC1C=C2CNCC2C1. The minimum Gasteiger partial charge on any atom is -0.312 e. The predicted molar refractivity (Wildman–Crippen MR) is 48.8 cm³/mol. The van der Waals surface area contributed by atoms with E-state index in [4.69, 9.17) is 4.18 Å². The summed E-state index contributed by atoms with van der Waals surface area (Å²) < 4.78 is 26.6. The van der Waals surface area contributed by atoms with E-state index in [0.29, 0.717) is 5.92 Å². The number of rotatable bonds is 2. The van der Waals surface area contributed by atoms with Gasteiger partial charge in [-0.05, 0) is 12.3 Å². The summed E-state index contributed by atoms with van der Waals surface area (Å²) in [6.07, 6.45) is 3.61. The second kappa shape index (κ2) is 3.08. The van der Waals surface area contributed by atoms with Gasteiger partial charge in [-0.1, -0.05) is 11.6 Å². The van der Waals surface area contributed by atoms with Gasteiger partial charge in [0.25, 0.3) is 10.1 Å². The molecule has 0 bridgehead atoms. The molecule has 0 aromatic rings. The highest BCUT2D eigenvalue weighted by atomic mass is 32.2. The van der Waals surface area contributed by atoms with Gasteiger partial charge in [0.05, 0.1) is 12.4 Å². The number of nitrogens with one attached hydrogen (secondary N) is 1. The quantitative estimate of drug-likeness (QED) is 0.502. The largest absolute Gasteiger partial charge is 0.312 e. The summed E-state index contributed by atoms with van der Waals surface area (Å²) >= 11 is 0. The van der Waals surface area contributed by atoms with Gasteiger partial charge in [-0.3, -0.25) is 4.18 Å². The van der Waals surface area contributed by atoms with E-state index in [-0.39, 0.29) is 6.10 Å². The van der Waals surface area contributed by atoms with Crippen LogP contribution in [0.15, 0.2) is 11.6 Å². The molecule has 0 saturated carbocycles. The van der Waals surface area contributed by atoms with Crippen LogP contribution in [0.2, 0.25) is 0 Å². The summed E-state index contributed by atoms with van der Waals surface area (Å²) in [6, 6.07) is 0. The van der Waals surface area contributed by atoms with Crippen LogP contribution in [-0.4, -0.2) is 33.9 Å². The molecule has 74 valence electrons. The Labute approximate surface area is 78.1 Å². The summed E-state index contributed by atoms with van der Waals surface area (Å²) in [7, 11) is -3.30. The van der Waals surface area contributed by atoms with Crippen LogP contribution in [-0.2, 0) is 14.3 Å². The fraction of sp³-hybridized carbons (Fsp3) is 0.750. The molecule has 13 heavy (non-hydrogen) atoms. The third kappa shape index (κ3) is 2.10. The summed E-state index contributed by atoms with van der Waals surface area (Å²) in [5.41, 5.74) is 1.30. The van der Waals surface area contributed by atoms with Gasteiger partial charge >= 0.3 is 0 Å². The zero-order valence-corrected chi connectivity index (χ0v) is 8.30. The zero-order valence-electron chi connectivity index (χ0n) is 7.49. The smallest absolute Gasteiger partial charge is 0.264 e. The van der Waals surface area contributed by atoms with Crippen LogP contribution in [0.4, 0.5) is 0 Å². The Balaban J connectivity index is 2.03. The first-order valence-corrected chi connectivity index (χ1v) is 6.16. The topological polar surface area (TPSA) is 55.4 Å². The Morgan fingerprint density at radius 2 is 2.38 bits per heavy atom. The Morgan fingerprint density at radius 3 is 3.00 bits per heavy atom. The van der Waals surface area contributed by atoms with E-state index < -0.39 is 10.1 Å². The van der Waals surface area contributed by atoms with Crippen molar-refractivity contribution in [1.82, 2.24) is 5.32 Å². The molecule has 4 nitrogen and oxygen atoms in total. The first kappa shape index (κ1) is 9.18. The monoisotopic (exact) mass is 203 g/mol. The molecule has 2 aliphatic rings. The van der Waals surface area contributed by atoms with Gasteiger partial charge in [0.1, 0.15) is 0 Å². The van der Waals surface area contributed by atoms with E-state index >= 15 is 0 Å². The average Bonchev–Trinajstić information content (AvgIpc) is 2.40. The lowest BCUT2D eigenvalue weighted by Gasteiger charge is -2.08. The molecule has 0 amide bonds. The molecule has 0 aromatic heterocycles. The molecule has 1 saturated heterocycles. The van der Waals surface area contributed by atoms with Crippen LogP contribution in [0, 0.1) is 5.92 Å². The minimum absolute atomic E-state index is 0.225. The molecular formula is C8H13NO3S. The number of hydrogen-bond acceptors (Lipinski definition) is 4. The Kier molecular flexibility index (Phi) is 2.17. The molecular weight excluding hydrogens is 190 g/mol. The van der Waals surface area contributed by atoms with E-state index in [1.807, 2.05) is 6.08 Å². The third-order valence-electron chi connectivity index (χ3n) is 2.46. The second-order valence-electron chi connectivity index (χ2n) is 3.64. The van der Waals surface area contributed by atoms with E-state index in [1.165, 1.54) is 5.57 Å². The Bertz CT molecular complexity index is 333. The van der Waals surface area contributed by atoms with Gasteiger partial charge in [-0.2, -0.15) is 8.42 Å². The van der Waals surface area contributed by atoms with Gasteiger partial charge in [0.15, 0.2) is 0 Å². The van der Waals surface area contributed by atoms with Gasteiger partial charge < -0.3 is 5.32 Å². The molecule has 1 heterocycles. The van der Waals surface area contributed by atoms with Crippen LogP contribution < -0.4 is 5.32 Å². The molecule has 5 heteroatoms. The highest BCUT2D eigenvalue weighted by Gasteiger charge is 2.31. The van der Waals surface area contributed by atoms with E-state index in [9.17, 15) is 8.42 Å². The van der Waals surface area contributed by atoms with Gasteiger partial charge in [-0.15, -0.1) is 0 Å². The first-order valence-electron chi connectivity index (χ1n) is 4.34. The lowest BCUT2D eigenvalue weighted by atomic mass is 10.1. The number of fused-ring (bicyclic) bond motifs is 1. The normalized spacial score (nSPS) is 33.2. The molecule has 0 radical (unpaired) electrons. The summed E-state index contributed by atoms with van der Waals surface area (Å²) in [4.78, 5) is 0. The van der Waals surface area contributed by atoms with E-state index in [2.05, 4.69) is 5.32 Å². The molecule has 2 atom stereocenters. The van der Waals surface area contributed by atoms with Crippen molar-refractivity contribution < 1.29 is 12.6 Å². The van der Waals surface area contributed by atoms with Crippen LogP contribution >= 0.6 is 0 Å². The Morgan fingerprint density at radius 1 is 1.62 bits per heavy atom. The minimum atomic E-state index is -3.30. The molecule has 1 N–H and O–H groups in total. The van der Waals surface area contributed by atoms with Gasteiger partial charge in [0.2, 0.25) is 0 Å². The van der Waals surface area contributed by atoms with Crippen LogP contribution in [0.5, 0.6) is 0 Å². The predicted octanol–water partition coefficient (Wildman–Crippen LogP) is -0.119. The third-order valence-corrected chi connectivity index (χ3v) is 3.06. The van der Waals surface area contributed by atoms with Crippen molar-refractivity contribution in [1.29, 1.82) is 0 Å². The molecule has 0 aromatic carbocycles. The first-order chi connectivity index (χ1) is 6.04. The highest BCUT2D eigenvalue weighted by Crippen LogP contribution is 2.30. The van der Waals surface area contributed by atoms with Crippen LogP contribution in [0.25, 0.3) is 0 Å². The maximum absolute atomic E-state index is 10.8. The molecule has 1 fully saturated rings. The standard InChI is InChI=1S/C8H13NO3S/c1-13(10,11)12-8-2-6-4-9-5-7(6)3-8/h2,7-9H,3-5H2,1H3. The molecule has 2 rings (SSSR count). The van der Waals surface area contributed by atoms with Crippen molar-refractivity contribution in [2.75, 3.05) is 19.3 Å². The van der Waals surface area contributed by atoms with Crippen molar-refractivity contribution >= 4 is 10.1 Å². The summed E-state index contributed by atoms with van der Waals surface area (Å²) in [5.74, 6) is 0.492. The van der Waals surface area contributed by atoms with Crippen molar-refractivity contribution in [3.8, 4) is 0 Å². The molecule has 1 aliphatic heterocycles. The van der Waals surface area contributed by atoms with Crippen molar-refractivity contribution in [2.45, 2.75) is 12.5 Å². The van der Waals surface area contributed by atoms with E-state index in [0.717, 1.165) is 25.8 Å². The maximum Gasteiger partial charge on any atom is 0.264 e. The average molecular weight is 203 g/mol. The van der Waals surface area contributed by atoms with Crippen molar-refractivity contribution in [3.05, 3.63) is 11.6 Å². The number of hydrogen-bond donors (Lipinski definition) is 1. The van der Waals surface area contributed by atoms with Crippen LogP contribution in [0.3, 0.4) is 0 Å². The fourth-order valence-corrected chi connectivity index (χ4v) is 2.56. The van der Waals surface area contributed by atoms with Gasteiger partial charge in [-0.25, -0.2) is 0 Å². The van der Waals surface area contributed by atoms with E-state index in [1.54, 1.807) is 0 Å². The molecule has 0 spiro atoms. The summed E-state index contributed by atoms with van der Waals surface area (Å²) in [5, 5.41) is 3.23. The van der Waals surface area contributed by atoms with Crippen LogP contribution in [0.1, 0.15) is 6.42 Å².